The third kappa shape index (κ3) is 2.41. The largest absolute Gasteiger partial charge is 0.493 e. The molecule has 4 nitrogen and oxygen atoms in total. The molecule has 0 bridgehead atoms. The Balaban J connectivity index is 2.27. The van der Waals surface area contributed by atoms with Crippen molar-refractivity contribution in [1.82, 2.24) is 0 Å². The Hall–Kier alpha value is -1.97. The first kappa shape index (κ1) is 11.5. The van der Waals surface area contributed by atoms with Crippen molar-refractivity contribution in [2.75, 3.05) is 14.2 Å². The van der Waals surface area contributed by atoms with Gasteiger partial charge in [-0.15, -0.1) is 0 Å². The van der Waals surface area contributed by atoms with Gasteiger partial charge >= 0.3 is 0 Å². The van der Waals surface area contributed by atoms with E-state index in [9.17, 15) is 4.79 Å². The van der Waals surface area contributed by atoms with Crippen molar-refractivity contribution in [2.45, 2.75) is 12.5 Å². The van der Waals surface area contributed by atoms with Crippen LogP contribution in [0.3, 0.4) is 0 Å². The van der Waals surface area contributed by atoms with E-state index in [0.717, 1.165) is 5.56 Å². The number of carbonyl (C=O) groups excluding carboxylic acids is 1. The zero-order valence-electron chi connectivity index (χ0n) is 9.80. The van der Waals surface area contributed by atoms with Gasteiger partial charge in [0.15, 0.2) is 17.3 Å². The molecule has 0 spiro atoms. The second-order valence-corrected chi connectivity index (χ2v) is 3.71. The van der Waals surface area contributed by atoms with E-state index in [0.29, 0.717) is 17.9 Å². The minimum Gasteiger partial charge on any atom is -0.493 e. The van der Waals surface area contributed by atoms with E-state index in [2.05, 4.69) is 0 Å². The standard InChI is InChI=1S/C13H14O4/c1-15-11-4-3-9(7-13(11)16-2)12-8-10(14)5-6-17-12/h3-7,12H,8H2,1-2H3. The second kappa shape index (κ2) is 4.91. The van der Waals surface area contributed by atoms with Crippen LogP contribution in [0.15, 0.2) is 30.5 Å². The topological polar surface area (TPSA) is 44.8 Å². The fourth-order valence-corrected chi connectivity index (χ4v) is 1.76. The van der Waals surface area contributed by atoms with Gasteiger partial charge in [-0.3, -0.25) is 4.79 Å². The zero-order chi connectivity index (χ0) is 12.3. The number of hydrogen-bond acceptors (Lipinski definition) is 4. The summed E-state index contributed by atoms with van der Waals surface area (Å²) in [7, 11) is 3.16. The number of allylic oxidation sites excluding steroid dienone is 1. The normalized spacial score (nSPS) is 18.7. The van der Waals surface area contributed by atoms with Gasteiger partial charge in [-0.1, -0.05) is 6.07 Å². The van der Waals surface area contributed by atoms with Crippen molar-refractivity contribution in [1.29, 1.82) is 0 Å². The Morgan fingerprint density at radius 3 is 2.65 bits per heavy atom. The van der Waals surface area contributed by atoms with Crippen molar-refractivity contribution in [3.05, 3.63) is 36.1 Å². The molecular formula is C13H14O4. The summed E-state index contributed by atoms with van der Waals surface area (Å²) < 4.78 is 15.8. The molecule has 4 heteroatoms. The van der Waals surface area contributed by atoms with Crippen LogP contribution in [-0.2, 0) is 9.53 Å². The van der Waals surface area contributed by atoms with Crippen LogP contribution in [0.1, 0.15) is 18.1 Å². The molecule has 1 heterocycles. The van der Waals surface area contributed by atoms with Gasteiger partial charge in [0, 0.05) is 6.08 Å². The average Bonchev–Trinajstić information content (AvgIpc) is 2.38. The van der Waals surface area contributed by atoms with Gasteiger partial charge in [0.05, 0.1) is 26.9 Å². The highest BCUT2D eigenvalue weighted by Crippen LogP contribution is 2.33. The molecule has 0 saturated carbocycles. The van der Waals surface area contributed by atoms with Crippen LogP contribution in [0.25, 0.3) is 0 Å². The molecule has 90 valence electrons. The summed E-state index contributed by atoms with van der Waals surface area (Å²) in [5, 5.41) is 0. The minimum absolute atomic E-state index is 0.0658. The first-order valence-corrected chi connectivity index (χ1v) is 5.31. The van der Waals surface area contributed by atoms with Crippen molar-refractivity contribution in [2.24, 2.45) is 0 Å². The average molecular weight is 234 g/mol. The Labute approximate surface area is 99.8 Å². The number of benzene rings is 1. The fourth-order valence-electron chi connectivity index (χ4n) is 1.76. The lowest BCUT2D eigenvalue weighted by Crippen LogP contribution is -2.11. The Bertz CT molecular complexity index is 451. The number of carbonyl (C=O) groups is 1. The lowest BCUT2D eigenvalue weighted by atomic mass is 10.0. The molecule has 0 saturated heterocycles. The first-order valence-electron chi connectivity index (χ1n) is 5.31. The summed E-state index contributed by atoms with van der Waals surface area (Å²) in [5.74, 6) is 1.36. The molecule has 0 amide bonds. The molecule has 1 unspecified atom stereocenters. The van der Waals surface area contributed by atoms with Crippen molar-refractivity contribution in [3.8, 4) is 11.5 Å². The van der Waals surface area contributed by atoms with Crippen LogP contribution >= 0.6 is 0 Å². The maximum absolute atomic E-state index is 11.3. The molecule has 0 aromatic heterocycles. The summed E-state index contributed by atoms with van der Waals surface area (Å²) in [5.41, 5.74) is 0.903. The maximum Gasteiger partial charge on any atom is 0.162 e. The Morgan fingerprint density at radius 1 is 1.24 bits per heavy atom. The van der Waals surface area contributed by atoms with E-state index in [1.54, 1.807) is 20.3 Å². The van der Waals surface area contributed by atoms with E-state index < -0.39 is 0 Å². The van der Waals surface area contributed by atoms with Crippen LogP contribution in [0.4, 0.5) is 0 Å². The third-order valence-electron chi connectivity index (χ3n) is 2.66. The van der Waals surface area contributed by atoms with Crippen LogP contribution in [0.5, 0.6) is 11.5 Å². The predicted molar refractivity (Wildman–Crippen MR) is 62.1 cm³/mol. The molecule has 1 aromatic carbocycles. The quantitative estimate of drug-likeness (QED) is 0.804. The highest BCUT2D eigenvalue weighted by molar-refractivity contribution is 5.90. The first-order chi connectivity index (χ1) is 8.24. The van der Waals surface area contributed by atoms with Crippen LogP contribution in [-0.4, -0.2) is 20.0 Å². The summed E-state index contributed by atoms with van der Waals surface area (Å²) >= 11 is 0. The van der Waals surface area contributed by atoms with E-state index in [4.69, 9.17) is 14.2 Å². The number of ether oxygens (including phenoxy) is 3. The van der Waals surface area contributed by atoms with Crippen LogP contribution in [0, 0.1) is 0 Å². The molecule has 2 rings (SSSR count). The van der Waals surface area contributed by atoms with E-state index in [1.165, 1.54) is 12.3 Å². The van der Waals surface area contributed by atoms with E-state index in [-0.39, 0.29) is 11.9 Å². The van der Waals surface area contributed by atoms with Gasteiger partial charge in [-0.25, -0.2) is 0 Å². The van der Waals surface area contributed by atoms with Crippen molar-refractivity contribution >= 4 is 5.78 Å². The van der Waals surface area contributed by atoms with Gasteiger partial charge in [-0.2, -0.15) is 0 Å². The van der Waals surface area contributed by atoms with E-state index in [1.807, 2.05) is 12.1 Å². The monoisotopic (exact) mass is 234 g/mol. The molecule has 1 aromatic rings. The summed E-state index contributed by atoms with van der Waals surface area (Å²) in [6.45, 7) is 0. The molecule has 17 heavy (non-hydrogen) atoms. The SMILES string of the molecule is COc1ccc(C2CC(=O)C=CO2)cc1OC. The lowest BCUT2D eigenvalue weighted by molar-refractivity contribution is -0.118. The highest BCUT2D eigenvalue weighted by atomic mass is 16.5. The van der Waals surface area contributed by atoms with E-state index >= 15 is 0 Å². The smallest absolute Gasteiger partial charge is 0.162 e. The van der Waals surface area contributed by atoms with Gasteiger partial charge in [-0.05, 0) is 17.7 Å². The number of hydrogen-bond donors (Lipinski definition) is 0. The van der Waals surface area contributed by atoms with Crippen LogP contribution < -0.4 is 9.47 Å². The number of methoxy groups -OCH3 is 2. The Kier molecular flexibility index (Phi) is 3.32. The summed E-state index contributed by atoms with van der Waals surface area (Å²) in [4.78, 5) is 11.3. The lowest BCUT2D eigenvalue weighted by Gasteiger charge is -2.20. The summed E-state index contributed by atoms with van der Waals surface area (Å²) in [6.07, 6.45) is 2.99. The number of rotatable bonds is 3. The predicted octanol–water partition coefficient (Wildman–Crippen LogP) is 2.25. The number of ketones is 1. The van der Waals surface area contributed by atoms with Gasteiger partial charge < -0.3 is 14.2 Å². The molecule has 0 radical (unpaired) electrons. The molecule has 1 aliphatic heterocycles. The summed E-state index contributed by atoms with van der Waals surface area (Å²) in [6, 6.07) is 5.51. The molecular weight excluding hydrogens is 220 g/mol. The van der Waals surface area contributed by atoms with Crippen molar-refractivity contribution < 1.29 is 19.0 Å². The fraction of sp³-hybridized carbons (Fsp3) is 0.308. The van der Waals surface area contributed by atoms with Gasteiger partial charge in [0.1, 0.15) is 6.10 Å². The Morgan fingerprint density at radius 2 is 2.00 bits per heavy atom. The minimum atomic E-state index is -0.243. The highest BCUT2D eigenvalue weighted by Gasteiger charge is 2.20. The van der Waals surface area contributed by atoms with Gasteiger partial charge in [0.25, 0.3) is 0 Å². The molecule has 0 N–H and O–H groups in total. The van der Waals surface area contributed by atoms with Crippen molar-refractivity contribution in [3.63, 3.8) is 0 Å². The maximum atomic E-state index is 11.3. The van der Waals surface area contributed by atoms with Gasteiger partial charge in [0.2, 0.25) is 0 Å². The molecule has 1 atom stereocenters. The van der Waals surface area contributed by atoms with Crippen LogP contribution in [0.2, 0.25) is 0 Å². The zero-order valence-corrected chi connectivity index (χ0v) is 9.80. The molecule has 0 fully saturated rings. The molecule has 0 aliphatic carbocycles. The third-order valence-corrected chi connectivity index (χ3v) is 2.66. The second-order valence-electron chi connectivity index (χ2n) is 3.71. The molecule has 1 aliphatic rings.